The van der Waals surface area contributed by atoms with E-state index in [4.69, 9.17) is 4.98 Å². The molecule has 0 bridgehead atoms. The van der Waals surface area contributed by atoms with Crippen LogP contribution in [0.2, 0.25) is 0 Å². The zero-order chi connectivity index (χ0) is 21.2. The van der Waals surface area contributed by atoms with Crippen LogP contribution in [0.1, 0.15) is 41.0 Å². The highest BCUT2D eigenvalue weighted by Crippen LogP contribution is 2.22. The Morgan fingerprint density at radius 2 is 1.84 bits per heavy atom. The number of rotatable bonds is 4. The Bertz CT molecular complexity index is 1050. The molecule has 0 saturated carbocycles. The standard InChI is InChI=1S/C23H29N7O/c1-18-6-5-11-30-19(21(26-22(18)30)23(31)29-9-3-2-4-10-29)17-27-12-14-28(15-13-27)20-16-24-7-8-25-20/h5-8,11,16H,2-4,9-10,12-15,17H2,1H3. The monoisotopic (exact) mass is 419 g/mol. The Kier molecular flexibility index (Phi) is 5.55. The summed E-state index contributed by atoms with van der Waals surface area (Å²) in [5.74, 6) is 1.00. The fourth-order valence-corrected chi connectivity index (χ4v) is 4.62. The lowest BCUT2D eigenvalue weighted by molar-refractivity contribution is 0.0716. The van der Waals surface area contributed by atoms with Gasteiger partial charge in [0.15, 0.2) is 5.69 Å². The van der Waals surface area contributed by atoms with Crippen LogP contribution >= 0.6 is 0 Å². The first-order valence-corrected chi connectivity index (χ1v) is 11.2. The summed E-state index contributed by atoms with van der Waals surface area (Å²) in [6.07, 6.45) is 10.7. The van der Waals surface area contributed by atoms with Crippen LogP contribution in [0.5, 0.6) is 0 Å². The first-order valence-electron chi connectivity index (χ1n) is 11.2. The highest BCUT2D eigenvalue weighted by atomic mass is 16.2. The molecule has 2 aliphatic rings. The van der Waals surface area contributed by atoms with Crippen molar-refractivity contribution in [2.45, 2.75) is 32.7 Å². The Balaban J connectivity index is 1.38. The van der Waals surface area contributed by atoms with E-state index >= 15 is 0 Å². The molecule has 0 aliphatic carbocycles. The van der Waals surface area contributed by atoms with Crippen LogP contribution in [0.15, 0.2) is 36.9 Å². The van der Waals surface area contributed by atoms with Crippen molar-refractivity contribution < 1.29 is 4.79 Å². The van der Waals surface area contributed by atoms with Gasteiger partial charge in [-0.15, -0.1) is 0 Å². The molecule has 5 heterocycles. The number of nitrogens with zero attached hydrogens (tertiary/aromatic N) is 7. The number of fused-ring (bicyclic) bond motifs is 1. The van der Waals surface area contributed by atoms with Crippen molar-refractivity contribution in [1.82, 2.24) is 29.2 Å². The van der Waals surface area contributed by atoms with Crippen LogP contribution in [-0.4, -0.2) is 74.3 Å². The van der Waals surface area contributed by atoms with E-state index in [1.165, 1.54) is 6.42 Å². The van der Waals surface area contributed by atoms with Crippen molar-refractivity contribution >= 4 is 17.4 Å². The van der Waals surface area contributed by atoms with E-state index < -0.39 is 0 Å². The van der Waals surface area contributed by atoms with Crippen molar-refractivity contribution in [2.24, 2.45) is 0 Å². The van der Waals surface area contributed by atoms with Crippen molar-refractivity contribution in [3.63, 3.8) is 0 Å². The Hall–Kier alpha value is -3.00. The maximum absolute atomic E-state index is 13.4. The van der Waals surface area contributed by atoms with E-state index in [1.54, 1.807) is 12.4 Å². The number of piperidine rings is 1. The molecule has 0 atom stereocenters. The maximum Gasteiger partial charge on any atom is 0.274 e. The van der Waals surface area contributed by atoms with Crippen LogP contribution in [0, 0.1) is 6.92 Å². The molecule has 31 heavy (non-hydrogen) atoms. The number of carbonyl (C=O) groups is 1. The normalized spacial score (nSPS) is 18.0. The van der Waals surface area contributed by atoms with E-state index in [0.29, 0.717) is 12.2 Å². The van der Waals surface area contributed by atoms with Crippen molar-refractivity contribution in [3.8, 4) is 0 Å². The zero-order valence-corrected chi connectivity index (χ0v) is 18.1. The third kappa shape index (κ3) is 3.99. The van der Waals surface area contributed by atoms with E-state index in [0.717, 1.165) is 74.8 Å². The number of amides is 1. The van der Waals surface area contributed by atoms with Crippen molar-refractivity contribution in [3.05, 3.63) is 53.9 Å². The molecule has 0 aromatic carbocycles. The predicted octanol–water partition coefficient (Wildman–Crippen LogP) is 2.38. The van der Waals surface area contributed by atoms with E-state index in [2.05, 4.69) is 37.2 Å². The Morgan fingerprint density at radius 1 is 1.03 bits per heavy atom. The van der Waals surface area contributed by atoms with Crippen molar-refractivity contribution in [1.29, 1.82) is 0 Å². The summed E-state index contributed by atoms with van der Waals surface area (Å²) in [4.78, 5) is 33.5. The molecular formula is C23H29N7O. The Morgan fingerprint density at radius 3 is 2.58 bits per heavy atom. The summed E-state index contributed by atoms with van der Waals surface area (Å²) >= 11 is 0. The molecule has 0 radical (unpaired) electrons. The van der Waals surface area contributed by atoms with Gasteiger partial charge in [-0.3, -0.25) is 14.7 Å². The van der Waals surface area contributed by atoms with Gasteiger partial charge < -0.3 is 14.2 Å². The first kappa shape index (κ1) is 19.9. The molecule has 2 fully saturated rings. The summed E-state index contributed by atoms with van der Waals surface area (Å²) < 4.78 is 2.11. The van der Waals surface area contributed by atoms with Gasteiger partial charge in [-0.25, -0.2) is 9.97 Å². The molecule has 5 rings (SSSR count). The molecular weight excluding hydrogens is 390 g/mol. The van der Waals surface area contributed by atoms with Gasteiger partial charge in [0, 0.05) is 64.4 Å². The van der Waals surface area contributed by atoms with Crippen LogP contribution < -0.4 is 4.90 Å². The van der Waals surface area contributed by atoms with Gasteiger partial charge in [0.05, 0.1) is 11.9 Å². The third-order valence-corrected chi connectivity index (χ3v) is 6.41. The van der Waals surface area contributed by atoms with E-state index in [-0.39, 0.29) is 5.91 Å². The Labute approximate surface area is 182 Å². The largest absolute Gasteiger partial charge is 0.353 e. The lowest BCUT2D eigenvalue weighted by atomic mass is 10.1. The minimum Gasteiger partial charge on any atom is -0.353 e. The average Bonchev–Trinajstić information content (AvgIpc) is 3.20. The molecule has 0 N–H and O–H groups in total. The molecule has 1 amide bonds. The second-order valence-electron chi connectivity index (χ2n) is 8.47. The minimum atomic E-state index is 0.0796. The zero-order valence-electron chi connectivity index (χ0n) is 18.1. The number of imidazole rings is 1. The highest BCUT2D eigenvalue weighted by molar-refractivity contribution is 5.94. The molecule has 2 aliphatic heterocycles. The summed E-state index contributed by atoms with van der Waals surface area (Å²) in [6.45, 7) is 8.05. The fraction of sp³-hybridized carbons (Fsp3) is 0.478. The van der Waals surface area contributed by atoms with Crippen LogP contribution in [0.25, 0.3) is 5.65 Å². The minimum absolute atomic E-state index is 0.0796. The first-order chi connectivity index (χ1) is 15.2. The molecule has 2 saturated heterocycles. The number of aromatic nitrogens is 4. The molecule has 0 unspecified atom stereocenters. The summed E-state index contributed by atoms with van der Waals surface area (Å²) in [7, 11) is 0. The maximum atomic E-state index is 13.4. The predicted molar refractivity (Wildman–Crippen MR) is 119 cm³/mol. The van der Waals surface area contributed by atoms with Crippen molar-refractivity contribution in [2.75, 3.05) is 44.2 Å². The van der Waals surface area contributed by atoms with Gasteiger partial charge in [-0.05, 0) is 37.8 Å². The second-order valence-corrected chi connectivity index (χ2v) is 8.47. The smallest absolute Gasteiger partial charge is 0.274 e. The molecule has 162 valence electrons. The lowest BCUT2D eigenvalue weighted by Gasteiger charge is -2.35. The summed E-state index contributed by atoms with van der Waals surface area (Å²) in [6, 6.07) is 4.09. The SMILES string of the molecule is Cc1cccn2c(CN3CCN(c4cnccn4)CC3)c(C(=O)N3CCCCC3)nc12. The van der Waals surface area contributed by atoms with Gasteiger partial charge in [0.2, 0.25) is 0 Å². The molecule has 8 heteroatoms. The van der Waals surface area contributed by atoms with Gasteiger partial charge in [-0.1, -0.05) is 6.07 Å². The van der Waals surface area contributed by atoms with E-state index in [9.17, 15) is 4.79 Å². The average molecular weight is 420 g/mol. The number of likely N-dealkylation sites (tertiary alicyclic amines) is 1. The second kappa shape index (κ2) is 8.63. The molecule has 3 aromatic heterocycles. The number of aryl methyl sites for hydroxylation is 1. The van der Waals surface area contributed by atoms with Crippen LogP contribution in [-0.2, 0) is 6.54 Å². The molecule has 3 aromatic rings. The van der Waals surface area contributed by atoms with E-state index in [1.807, 2.05) is 23.4 Å². The summed E-state index contributed by atoms with van der Waals surface area (Å²) in [5.41, 5.74) is 3.60. The quantitative estimate of drug-likeness (QED) is 0.647. The van der Waals surface area contributed by atoms with Crippen LogP contribution in [0.3, 0.4) is 0 Å². The number of hydrogen-bond acceptors (Lipinski definition) is 6. The number of piperazine rings is 1. The third-order valence-electron chi connectivity index (χ3n) is 6.41. The van der Waals surface area contributed by atoms with Gasteiger partial charge >= 0.3 is 0 Å². The van der Waals surface area contributed by atoms with Gasteiger partial charge in [0.1, 0.15) is 11.5 Å². The topological polar surface area (TPSA) is 69.9 Å². The molecule has 0 spiro atoms. The van der Waals surface area contributed by atoms with Crippen LogP contribution in [0.4, 0.5) is 5.82 Å². The molecule has 8 nitrogen and oxygen atoms in total. The van der Waals surface area contributed by atoms with Gasteiger partial charge in [-0.2, -0.15) is 0 Å². The summed E-state index contributed by atoms with van der Waals surface area (Å²) in [5, 5.41) is 0. The fourth-order valence-electron chi connectivity index (χ4n) is 4.62. The number of anilines is 1. The number of pyridine rings is 1. The highest BCUT2D eigenvalue weighted by Gasteiger charge is 2.27. The number of carbonyl (C=O) groups excluding carboxylic acids is 1. The van der Waals surface area contributed by atoms with Gasteiger partial charge in [0.25, 0.3) is 5.91 Å². The lowest BCUT2D eigenvalue weighted by Crippen LogP contribution is -2.46. The number of hydrogen-bond donors (Lipinski definition) is 0.